The van der Waals surface area contributed by atoms with E-state index < -0.39 is 7.80 Å². The summed E-state index contributed by atoms with van der Waals surface area (Å²) in [5, 5.41) is 9.82. The number of benzene rings is 1. The van der Waals surface area contributed by atoms with Crippen LogP contribution < -0.4 is 11.0 Å². The number of hydrogen-bond acceptors (Lipinski definition) is 3. The second-order valence-corrected chi connectivity index (χ2v) is 4.68. The molecule has 0 saturated carbocycles. The van der Waals surface area contributed by atoms with Crippen LogP contribution in [-0.2, 0) is 4.57 Å². The molecule has 4 heteroatoms. The Morgan fingerprint density at radius 3 is 2.75 bits per heavy atom. The monoisotopic (exact) mass is 185 g/mol. The summed E-state index contributed by atoms with van der Waals surface area (Å²) in [7, 11) is -1.69. The zero-order valence-corrected chi connectivity index (χ0v) is 7.87. The van der Waals surface area contributed by atoms with Crippen molar-refractivity contribution in [1.29, 1.82) is 0 Å². The predicted molar refractivity (Wildman–Crippen MR) is 51.7 cm³/mol. The Bertz CT molecular complexity index is 312. The third-order valence-corrected chi connectivity index (χ3v) is 3.27. The Morgan fingerprint density at radius 2 is 2.25 bits per heavy atom. The second kappa shape index (κ2) is 3.63. The maximum absolute atomic E-state index is 11.3. The molecule has 0 radical (unpaired) electrons. The van der Waals surface area contributed by atoms with Crippen LogP contribution >= 0.6 is 7.80 Å². The van der Waals surface area contributed by atoms with Crippen molar-refractivity contribution in [3.05, 3.63) is 18.2 Å². The summed E-state index contributed by atoms with van der Waals surface area (Å²) in [4.78, 5) is 0. The molecule has 0 aromatic heterocycles. The van der Waals surface area contributed by atoms with Crippen LogP contribution in [0.2, 0.25) is 0 Å². The van der Waals surface area contributed by atoms with E-state index in [1.165, 1.54) is 6.07 Å². The van der Waals surface area contributed by atoms with Gasteiger partial charge in [-0.15, -0.1) is 0 Å². The standard InChI is InChI=1S/C8H12NO2P/c1-2-12(11)6-3-4-8(10)7(9)5-6/h3-5,10,12H,2,9H2,1H3. The third-order valence-electron chi connectivity index (χ3n) is 1.67. The van der Waals surface area contributed by atoms with Crippen molar-refractivity contribution in [3.8, 4) is 5.75 Å². The minimum Gasteiger partial charge on any atom is -0.506 e. The summed E-state index contributed by atoms with van der Waals surface area (Å²) in [6.07, 6.45) is 0.634. The quantitative estimate of drug-likeness (QED) is 0.413. The summed E-state index contributed by atoms with van der Waals surface area (Å²) in [5.41, 5.74) is 5.73. The molecule has 1 aromatic rings. The molecule has 0 heterocycles. The van der Waals surface area contributed by atoms with E-state index in [9.17, 15) is 4.57 Å². The minimum absolute atomic E-state index is 0.0460. The highest BCUT2D eigenvalue weighted by molar-refractivity contribution is 7.53. The summed E-state index contributed by atoms with van der Waals surface area (Å²) in [6, 6.07) is 4.69. The molecule has 1 atom stereocenters. The number of nitrogen functional groups attached to an aromatic ring is 1. The molecule has 66 valence electrons. The number of phenolic OH excluding ortho intramolecular Hbond substituents is 1. The van der Waals surface area contributed by atoms with Gasteiger partial charge in [0, 0.05) is 5.30 Å². The molecule has 1 aromatic carbocycles. The normalized spacial score (nSPS) is 12.8. The van der Waals surface area contributed by atoms with Gasteiger partial charge in [-0.3, -0.25) is 0 Å². The van der Waals surface area contributed by atoms with Gasteiger partial charge >= 0.3 is 0 Å². The van der Waals surface area contributed by atoms with Gasteiger partial charge in [-0.1, -0.05) is 6.92 Å². The molecule has 0 spiro atoms. The van der Waals surface area contributed by atoms with E-state index >= 15 is 0 Å². The number of anilines is 1. The van der Waals surface area contributed by atoms with Gasteiger partial charge in [0.1, 0.15) is 13.6 Å². The predicted octanol–water partition coefficient (Wildman–Crippen LogP) is 1.18. The van der Waals surface area contributed by atoms with Crippen molar-refractivity contribution in [1.82, 2.24) is 0 Å². The Balaban J connectivity index is 3.05. The zero-order valence-electron chi connectivity index (χ0n) is 6.87. The highest BCUT2D eigenvalue weighted by Gasteiger charge is 2.03. The van der Waals surface area contributed by atoms with Crippen LogP contribution in [0.5, 0.6) is 5.75 Å². The van der Waals surface area contributed by atoms with Crippen LogP contribution in [0.1, 0.15) is 6.92 Å². The van der Waals surface area contributed by atoms with E-state index in [2.05, 4.69) is 0 Å². The largest absolute Gasteiger partial charge is 0.506 e. The van der Waals surface area contributed by atoms with Crippen molar-refractivity contribution < 1.29 is 9.67 Å². The Labute approximate surface area is 72.0 Å². The average molecular weight is 185 g/mol. The van der Waals surface area contributed by atoms with Gasteiger partial charge in [0.2, 0.25) is 0 Å². The van der Waals surface area contributed by atoms with Crippen molar-refractivity contribution >= 4 is 18.8 Å². The first-order chi connectivity index (χ1) is 5.65. The molecule has 0 fully saturated rings. The zero-order chi connectivity index (χ0) is 9.14. The maximum atomic E-state index is 11.3. The van der Waals surface area contributed by atoms with Crippen LogP contribution in [0.3, 0.4) is 0 Å². The molecule has 0 saturated heterocycles. The van der Waals surface area contributed by atoms with Crippen molar-refractivity contribution in [2.75, 3.05) is 11.9 Å². The highest BCUT2D eigenvalue weighted by Crippen LogP contribution is 2.24. The van der Waals surface area contributed by atoms with E-state index in [-0.39, 0.29) is 5.75 Å². The van der Waals surface area contributed by atoms with Crippen LogP contribution in [0.4, 0.5) is 5.69 Å². The molecule has 12 heavy (non-hydrogen) atoms. The van der Waals surface area contributed by atoms with E-state index in [0.29, 0.717) is 11.8 Å². The van der Waals surface area contributed by atoms with Gasteiger partial charge < -0.3 is 15.4 Å². The molecule has 0 amide bonds. The van der Waals surface area contributed by atoms with E-state index in [4.69, 9.17) is 10.8 Å². The Hall–Kier alpha value is -0.950. The smallest absolute Gasteiger partial charge is 0.138 e. The van der Waals surface area contributed by atoms with Crippen molar-refractivity contribution in [2.24, 2.45) is 0 Å². The van der Waals surface area contributed by atoms with Gasteiger partial charge in [0.05, 0.1) is 5.69 Å². The molecule has 1 unspecified atom stereocenters. The molecular formula is C8H12NO2P. The van der Waals surface area contributed by atoms with E-state index in [0.717, 1.165) is 5.30 Å². The number of rotatable bonds is 2. The van der Waals surface area contributed by atoms with Crippen LogP contribution in [0.25, 0.3) is 0 Å². The summed E-state index contributed by atoms with van der Waals surface area (Å²) < 4.78 is 11.3. The fourth-order valence-corrected chi connectivity index (χ4v) is 1.93. The Kier molecular flexibility index (Phi) is 2.77. The summed E-state index contributed by atoms with van der Waals surface area (Å²) in [5.74, 6) is 0.0460. The highest BCUT2D eigenvalue weighted by atomic mass is 31.1. The fourth-order valence-electron chi connectivity index (χ4n) is 0.932. The first kappa shape index (κ1) is 9.14. The van der Waals surface area contributed by atoms with Gasteiger partial charge in [-0.05, 0) is 24.4 Å². The first-order valence-electron chi connectivity index (χ1n) is 3.77. The van der Waals surface area contributed by atoms with E-state index in [1.54, 1.807) is 12.1 Å². The van der Waals surface area contributed by atoms with Crippen LogP contribution in [-0.4, -0.2) is 11.3 Å². The lowest BCUT2D eigenvalue weighted by molar-refractivity contribution is 0.478. The molecule has 1 rings (SSSR count). The Morgan fingerprint density at radius 1 is 1.58 bits per heavy atom. The lowest BCUT2D eigenvalue weighted by Gasteiger charge is -2.02. The molecule has 0 aliphatic carbocycles. The third kappa shape index (κ3) is 1.80. The minimum atomic E-state index is -1.69. The number of nitrogens with two attached hydrogens (primary N) is 1. The van der Waals surface area contributed by atoms with Gasteiger partial charge in [0.15, 0.2) is 0 Å². The van der Waals surface area contributed by atoms with Gasteiger partial charge in [-0.25, -0.2) is 0 Å². The molecule has 3 nitrogen and oxygen atoms in total. The van der Waals surface area contributed by atoms with Crippen molar-refractivity contribution in [2.45, 2.75) is 6.92 Å². The number of hydrogen-bond donors (Lipinski definition) is 2. The molecule has 0 aliphatic heterocycles. The fraction of sp³-hybridized carbons (Fsp3) is 0.250. The molecular weight excluding hydrogens is 173 g/mol. The lowest BCUT2D eigenvalue weighted by Crippen LogP contribution is -1.99. The van der Waals surface area contributed by atoms with Crippen LogP contribution in [0.15, 0.2) is 18.2 Å². The first-order valence-corrected chi connectivity index (χ1v) is 5.38. The molecule has 3 N–H and O–H groups in total. The molecule has 0 aliphatic rings. The average Bonchev–Trinajstić information content (AvgIpc) is 2.08. The van der Waals surface area contributed by atoms with Crippen molar-refractivity contribution in [3.63, 3.8) is 0 Å². The molecule has 0 bridgehead atoms. The number of phenols is 1. The SMILES string of the molecule is CC[PH](=O)c1ccc(O)c(N)c1. The van der Waals surface area contributed by atoms with Gasteiger partial charge in [-0.2, -0.15) is 0 Å². The van der Waals surface area contributed by atoms with E-state index in [1.807, 2.05) is 6.92 Å². The van der Waals surface area contributed by atoms with Gasteiger partial charge in [0.25, 0.3) is 0 Å². The van der Waals surface area contributed by atoms with Crippen LogP contribution in [0, 0.1) is 0 Å². The maximum Gasteiger partial charge on any atom is 0.138 e. The number of aromatic hydroxyl groups is 1. The summed E-state index contributed by atoms with van der Waals surface area (Å²) in [6.45, 7) is 1.87. The lowest BCUT2D eigenvalue weighted by atomic mass is 10.3. The topological polar surface area (TPSA) is 63.3 Å². The second-order valence-electron chi connectivity index (χ2n) is 2.55. The summed E-state index contributed by atoms with van der Waals surface area (Å²) >= 11 is 0.